The number of hydrogen-bond donors (Lipinski definition) is 0. The molecule has 0 atom stereocenters. The summed E-state index contributed by atoms with van der Waals surface area (Å²) in [4.78, 5) is 17.0. The van der Waals surface area contributed by atoms with Gasteiger partial charge < -0.3 is 8.80 Å². The van der Waals surface area contributed by atoms with Crippen molar-refractivity contribution in [3.05, 3.63) is 157 Å². The van der Waals surface area contributed by atoms with Crippen molar-refractivity contribution in [2.24, 2.45) is 0 Å². The first-order valence-electron chi connectivity index (χ1n) is 14.8. The van der Waals surface area contributed by atoms with Gasteiger partial charge in [0.15, 0.2) is 0 Å². The van der Waals surface area contributed by atoms with Crippen LogP contribution < -0.4 is 0 Å². The lowest BCUT2D eigenvalue weighted by Crippen LogP contribution is -1.92. The van der Waals surface area contributed by atoms with Gasteiger partial charge in [0.05, 0.1) is 17.6 Å². The Morgan fingerprint density at radius 1 is 0.511 bits per heavy atom. The SMILES string of the molecule is Cc1cc(-c2ncccc2-c2ccc3nc(F)cn3c2)ccc1F.Cc1cc(-c2ncccc2-c2ccc3nccn3c2)ccc1F. The van der Waals surface area contributed by atoms with Crippen LogP contribution in [0.3, 0.4) is 0 Å². The summed E-state index contributed by atoms with van der Waals surface area (Å²) in [5.74, 6) is -0.967. The van der Waals surface area contributed by atoms with Gasteiger partial charge in [-0.1, -0.05) is 12.1 Å². The molecule has 0 N–H and O–H groups in total. The molecule has 2 aromatic carbocycles. The maximum absolute atomic E-state index is 13.5. The highest BCUT2D eigenvalue weighted by Gasteiger charge is 2.13. The van der Waals surface area contributed by atoms with Crippen molar-refractivity contribution in [1.82, 2.24) is 28.7 Å². The summed E-state index contributed by atoms with van der Waals surface area (Å²) in [7, 11) is 0. The molecule has 0 spiro atoms. The van der Waals surface area contributed by atoms with E-state index in [4.69, 9.17) is 0 Å². The summed E-state index contributed by atoms with van der Waals surface area (Å²) in [5.41, 5.74) is 9.78. The number of fused-ring (bicyclic) bond motifs is 2. The normalized spacial score (nSPS) is 11.1. The molecule has 0 unspecified atom stereocenters. The highest BCUT2D eigenvalue weighted by atomic mass is 19.1. The number of nitrogens with zero attached hydrogens (tertiary/aromatic N) is 6. The summed E-state index contributed by atoms with van der Waals surface area (Å²) in [5, 5.41) is 0. The zero-order chi connectivity index (χ0) is 32.5. The fourth-order valence-electron chi connectivity index (χ4n) is 5.52. The Labute approximate surface area is 268 Å². The van der Waals surface area contributed by atoms with E-state index in [0.717, 1.165) is 50.4 Å². The number of rotatable bonds is 4. The number of pyridine rings is 4. The average molecular weight is 625 g/mol. The molecule has 0 radical (unpaired) electrons. The third kappa shape index (κ3) is 5.98. The number of hydrogen-bond acceptors (Lipinski definition) is 4. The highest BCUT2D eigenvalue weighted by Crippen LogP contribution is 2.32. The summed E-state index contributed by atoms with van der Waals surface area (Å²) < 4.78 is 44.0. The highest BCUT2D eigenvalue weighted by molar-refractivity contribution is 5.82. The van der Waals surface area contributed by atoms with Gasteiger partial charge in [0.1, 0.15) is 22.9 Å². The van der Waals surface area contributed by atoms with Crippen molar-refractivity contribution in [3.8, 4) is 44.8 Å². The Balaban J connectivity index is 0.000000150. The van der Waals surface area contributed by atoms with Gasteiger partial charge >= 0.3 is 0 Å². The number of aryl methyl sites for hydroxylation is 2. The molecule has 230 valence electrons. The second-order valence-corrected chi connectivity index (χ2v) is 11.1. The molecule has 8 aromatic rings. The first-order valence-corrected chi connectivity index (χ1v) is 14.8. The van der Waals surface area contributed by atoms with Gasteiger partial charge in [0.2, 0.25) is 5.95 Å². The summed E-state index contributed by atoms with van der Waals surface area (Å²) in [6, 6.07) is 25.4. The zero-order valence-electron chi connectivity index (χ0n) is 25.4. The fourth-order valence-corrected chi connectivity index (χ4v) is 5.52. The molecule has 0 fully saturated rings. The lowest BCUT2D eigenvalue weighted by atomic mass is 9.99. The van der Waals surface area contributed by atoms with Crippen LogP contribution in [0.25, 0.3) is 56.1 Å². The molecule has 6 heterocycles. The topological polar surface area (TPSA) is 60.4 Å². The Hall–Kier alpha value is -6.09. The first kappa shape index (κ1) is 29.6. The lowest BCUT2D eigenvalue weighted by Gasteiger charge is -2.10. The van der Waals surface area contributed by atoms with Gasteiger partial charge in [0.25, 0.3) is 0 Å². The van der Waals surface area contributed by atoms with Gasteiger partial charge in [-0.25, -0.2) is 18.7 Å². The second kappa shape index (κ2) is 12.4. The first-order chi connectivity index (χ1) is 22.8. The number of halogens is 3. The molecule has 9 heteroatoms. The van der Waals surface area contributed by atoms with Gasteiger partial charge in [-0.2, -0.15) is 4.39 Å². The Bertz CT molecular complexity index is 2390. The molecular weight excluding hydrogens is 597 g/mol. The lowest BCUT2D eigenvalue weighted by molar-refractivity contribution is 0.592. The largest absolute Gasteiger partial charge is 0.306 e. The van der Waals surface area contributed by atoms with Crippen molar-refractivity contribution < 1.29 is 13.2 Å². The molecular formula is C38H27F3N6. The molecule has 0 aliphatic rings. The predicted octanol–water partition coefficient (Wildman–Crippen LogP) is 9.16. The minimum absolute atomic E-state index is 0.203. The van der Waals surface area contributed by atoms with Crippen molar-refractivity contribution in [2.75, 3.05) is 0 Å². The molecule has 0 saturated carbocycles. The summed E-state index contributed by atoms with van der Waals surface area (Å²) in [6.45, 7) is 3.49. The van der Waals surface area contributed by atoms with Crippen LogP contribution in [0.15, 0.2) is 128 Å². The Morgan fingerprint density at radius 2 is 1.04 bits per heavy atom. The molecule has 0 saturated heterocycles. The molecule has 0 aliphatic carbocycles. The van der Waals surface area contributed by atoms with Gasteiger partial charge in [-0.3, -0.25) is 9.97 Å². The van der Waals surface area contributed by atoms with Crippen molar-refractivity contribution >= 4 is 11.3 Å². The monoisotopic (exact) mass is 624 g/mol. The van der Waals surface area contributed by atoms with Crippen LogP contribution >= 0.6 is 0 Å². The van der Waals surface area contributed by atoms with E-state index < -0.39 is 5.95 Å². The molecule has 0 aliphatic heterocycles. The maximum atomic E-state index is 13.5. The molecule has 6 nitrogen and oxygen atoms in total. The third-order valence-corrected chi connectivity index (χ3v) is 7.91. The second-order valence-electron chi connectivity index (χ2n) is 11.1. The van der Waals surface area contributed by atoms with E-state index in [1.54, 1.807) is 61.1 Å². The average Bonchev–Trinajstić information content (AvgIpc) is 3.72. The van der Waals surface area contributed by atoms with Crippen LogP contribution in [0.1, 0.15) is 11.1 Å². The van der Waals surface area contributed by atoms with Crippen LogP contribution in [0.2, 0.25) is 0 Å². The van der Waals surface area contributed by atoms with Crippen LogP contribution in [-0.4, -0.2) is 28.7 Å². The Kier molecular flexibility index (Phi) is 7.79. The maximum Gasteiger partial charge on any atom is 0.231 e. The van der Waals surface area contributed by atoms with Crippen LogP contribution in [-0.2, 0) is 0 Å². The van der Waals surface area contributed by atoms with Crippen molar-refractivity contribution in [3.63, 3.8) is 0 Å². The number of imidazole rings is 2. The number of aromatic nitrogens is 6. The quantitative estimate of drug-likeness (QED) is 0.196. The smallest absolute Gasteiger partial charge is 0.231 e. The van der Waals surface area contributed by atoms with Gasteiger partial charge in [0, 0.05) is 70.6 Å². The van der Waals surface area contributed by atoms with E-state index in [0.29, 0.717) is 16.8 Å². The van der Waals surface area contributed by atoms with E-state index in [1.807, 2.05) is 71.5 Å². The zero-order valence-corrected chi connectivity index (χ0v) is 25.4. The van der Waals surface area contributed by atoms with E-state index >= 15 is 0 Å². The number of benzene rings is 2. The Morgan fingerprint density at radius 3 is 1.62 bits per heavy atom. The van der Waals surface area contributed by atoms with Crippen LogP contribution in [0.5, 0.6) is 0 Å². The van der Waals surface area contributed by atoms with Crippen LogP contribution in [0, 0.1) is 31.4 Å². The standard InChI is InChI=1S/C19H13F2N3.C19H14FN3/c1-12-9-13(4-6-16(12)20)19-15(3-2-8-22-19)14-5-7-18-23-17(21)11-24(18)10-14;1-13-11-14(4-6-17(13)20)19-16(3-2-8-22-19)15-5-7-18-21-9-10-23(18)12-15/h2-11H,1H3;2-12H,1H3. The van der Waals surface area contributed by atoms with E-state index in [2.05, 4.69) is 19.9 Å². The molecule has 47 heavy (non-hydrogen) atoms. The van der Waals surface area contributed by atoms with Gasteiger partial charge in [-0.15, -0.1) is 0 Å². The minimum atomic E-state index is -0.521. The van der Waals surface area contributed by atoms with Crippen molar-refractivity contribution in [2.45, 2.75) is 13.8 Å². The van der Waals surface area contributed by atoms with E-state index in [9.17, 15) is 13.2 Å². The van der Waals surface area contributed by atoms with Gasteiger partial charge in [-0.05, 0) is 97.8 Å². The summed E-state index contributed by atoms with van der Waals surface area (Å²) in [6.07, 6.45) is 12.3. The third-order valence-electron chi connectivity index (χ3n) is 7.91. The fraction of sp³-hybridized carbons (Fsp3) is 0.0526. The molecule has 0 amide bonds. The molecule has 6 aromatic heterocycles. The molecule has 0 bridgehead atoms. The van der Waals surface area contributed by atoms with Crippen molar-refractivity contribution in [1.29, 1.82) is 0 Å². The predicted molar refractivity (Wildman–Crippen MR) is 177 cm³/mol. The van der Waals surface area contributed by atoms with Crippen LogP contribution in [0.4, 0.5) is 13.2 Å². The minimum Gasteiger partial charge on any atom is -0.306 e. The summed E-state index contributed by atoms with van der Waals surface area (Å²) >= 11 is 0. The van der Waals surface area contributed by atoms with E-state index in [-0.39, 0.29) is 11.6 Å². The van der Waals surface area contributed by atoms with E-state index in [1.165, 1.54) is 18.3 Å². The molecule has 8 rings (SSSR count).